The highest BCUT2D eigenvalue weighted by Crippen LogP contribution is 2.04. The van der Waals surface area contributed by atoms with Crippen LogP contribution in [0.15, 0.2) is 24.3 Å². The van der Waals surface area contributed by atoms with Gasteiger partial charge in [0.2, 0.25) is 0 Å². The summed E-state index contributed by atoms with van der Waals surface area (Å²) in [5.41, 5.74) is 0. The highest BCUT2D eigenvalue weighted by atomic mass is 16.4. The van der Waals surface area contributed by atoms with Gasteiger partial charge in [0.05, 0.1) is 0 Å². The monoisotopic (exact) mass is 238 g/mol. The van der Waals surface area contributed by atoms with Crippen molar-refractivity contribution in [3.63, 3.8) is 0 Å². The van der Waals surface area contributed by atoms with Crippen molar-refractivity contribution in [3.8, 4) is 0 Å². The maximum absolute atomic E-state index is 10.3. The molecule has 0 aromatic rings. The quantitative estimate of drug-likeness (QED) is 0.418. The van der Waals surface area contributed by atoms with Crippen molar-refractivity contribution in [2.45, 2.75) is 64.7 Å². The lowest BCUT2D eigenvalue weighted by molar-refractivity contribution is -0.137. The number of aliphatic carboxylic acids is 1. The van der Waals surface area contributed by atoms with Crippen LogP contribution in [0.25, 0.3) is 0 Å². The van der Waals surface area contributed by atoms with Crippen LogP contribution in [0.5, 0.6) is 0 Å². The fourth-order valence-corrected chi connectivity index (χ4v) is 1.55. The Morgan fingerprint density at radius 2 is 1.47 bits per heavy atom. The molecule has 98 valence electrons. The van der Waals surface area contributed by atoms with Crippen molar-refractivity contribution in [1.82, 2.24) is 0 Å². The molecular formula is C15H26O2. The van der Waals surface area contributed by atoms with Crippen molar-refractivity contribution in [2.75, 3.05) is 0 Å². The molecule has 0 aromatic heterocycles. The lowest BCUT2D eigenvalue weighted by Crippen LogP contribution is -1.93. The Kier molecular flexibility index (Phi) is 12.2. The first-order valence-electron chi connectivity index (χ1n) is 6.79. The highest BCUT2D eigenvalue weighted by molar-refractivity contribution is 5.66. The number of carboxylic acid groups (broad SMARTS) is 1. The van der Waals surface area contributed by atoms with Gasteiger partial charge in [-0.25, -0.2) is 0 Å². The first kappa shape index (κ1) is 16.0. The molecule has 0 aliphatic rings. The molecule has 2 nitrogen and oxygen atoms in total. The molecule has 0 bridgehead atoms. The summed E-state index contributed by atoms with van der Waals surface area (Å²) in [4.78, 5) is 10.3. The predicted molar refractivity (Wildman–Crippen MR) is 73.1 cm³/mol. The molecule has 0 aliphatic carbocycles. The summed E-state index contributed by atoms with van der Waals surface area (Å²) >= 11 is 0. The molecule has 0 rings (SSSR count). The Bertz CT molecular complexity index is 229. The third-order valence-corrected chi connectivity index (χ3v) is 2.55. The topological polar surface area (TPSA) is 37.3 Å². The van der Waals surface area contributed by atoms with Gasteiger partial charge in [-0.05, 0) is 38.5 Å². The largest absolute Gasteiger partial charge is 0.481 e. The molecule has 0 aromatic carbocycles. The molecule has 0 spiro atoms. The average Bonchev–Trinajstić information content (AvgIpc) is 2.30. The van der Waals surface area contributed by atoms with Crippen molar-refractivity contribution in [1.29, 1.82) is 0 Å². The van der Waals surface area contributed by atoms with Gasteiger partial charge in [0.15, 0.2) is 0 Å². The molecule has 0 unspecified atom stereocenters. The van der Waals surface area contributed by atoms with Crippen LogP contribution in [0.2, 0.25) is 0 Å². The van der Waals surface area contributed by atoms with E-state index in [1.165, 1.54) is 12.8 Å². The third-order valence-electron chi connectivity index (χ3n) is 2.55. The van der Waals surface area contributed by atoms with Gasteiger partial charge in [-0.2, -0.15) is 0 Å². The molecule has 2 heteroatoms. The van der Waals surface area contributed by atoms with Gasteiger partial charge in [0.25, 0.3) is 0 Å². The Balaban J connectivity index is 3.17. The fourth-order valence-electron chi connectivity index (χ4n) is 1.55. The minimum atomic E-state index is -0.681. The van der Waals surface area contributed by atoms with Gasteiger partial charge in [-0.15, -0.1) is 0 Å². The Morgan fingerprint density at radius 1 is 0.882 bits per heavy atom. The molecule has 1 N–H and O–H groups in total. The van der Waals surface area contributed by atoms with E-state index in [9.17, 15) is 4.79 Å². The van der Waals surface area contributed by atoms with Gasteiger partial charge in [-0.1, -0.05) is 44.1 Å². The first-order chi connectivity index (χ1) is 8.27. The van der Waals surface area contributed by atoms with Crippen molar-refractivity contribution >= 4 is 5.97 Å². The maximum Gasteiger partial charge on any atom is 0.303 e. The second-order valence-corrected chi connectivity index (χ2v) is 4.30. The van der Waals surface area contributed by atoms with Crippen LogP contribution in [0.1, 0.15) is 64.7 Å². The van der Waals surface area contributed by atoms with Crippen LogP contribution in [0.3, 0.4) is 0 Å². The van der Waals surface area contributed by atoms with Crippen LogP contribution in [-0.2, 0) is 4.79 Å². The van der Waals surface area contributed by atoms with E-state index < -0.39 is 5.97 Å². The number of carboxylic acids is 1. The van der Waals surface area contributed by atoms with Crippen molar-refractivity contribution in [2.24, 2.45) is 0 Å². The van der Waals surface area contributed by atoms with E-state index in [1.54, 1.807) is 0 Å². The van der Waals surface area contributed by atoms with E-state index >= 15 is 0 Å². The Hall–Kier alpha value is -1.05. The molecule has 0 radical (unpaired) electrons. The van der Waals surface area contributed by atoms with E-state index in [-0.39, 0.29) is 0 Å². The zero-order valence-electron chi connectivity index (χ0n) is 11.0. The third kappa shape index (κ3) is 14.9. The van der Waals surface area contributed by atoms with Gasteiger partial charge >= 0.3 is 5.97 Å². The Labute approximate surface area is 105 Å². The molecule has 17 heavy (non-hydrogen) atoms. The summed E-state index contributed by atoms with van der Waals surface area (Å²) < 4.78 is 0. The molecule has 0 saturated heterocycles. The van der Waals surface area contributed by atoms with E-state index in [2.05, 4.69) is 31.2 Å². The standard InChI is InChI=1S/C15H26O2/c1-2-3-4-5-6-7-8-9-10-11-12-13-14-15(16)17/h4-5,8-9H,2-3,6-7,10-14H2,1H3,(H,16,17)/b5-4-,9-8-. The number of unbranched alkanes of at least 4 members (excludes halogenated alkanes) is 5. The zero-order chi connectivity index (χ0) is 12.8. The smallest absolute Gasteiger partial charge is 0.303 e. The summed E-state index contributed by atoms with van der Waals surface area (Å²) in [7, 11) is 0. The van der Waals surface area contributed by atoms with Crippen molar-refractivity contribution < 1.29 is 9.90 Å². The molecular weight excluding hydrogens is 212 g/mol. The van der Waals surface area contributed by atoms with Gasteiger partial charge < -0.3 is 5.11 Å². The van der Waals surface area contributed by atoms with Gasteiger partial charge in [0.1, 0.15) is 0 Å². The zero-order valence-corrected chi connectivity index (χ0v) is 11.0. The minimum Gasteiger partial charge on any atom is -0.481 e. The fraction of sp³-hybridized carbons (Fsp3) is 0.667. The van der Waals surface area contributed by atoms with E-state index in [1.807, 2.05) is 0 Å². The summed E-state index contributed by atoms with van der Waals surface area (Å²) in [6, 6.07) is 0. The lowest BCUT2D eigenvalue weighted by Gasteiger charge is -1.95. The van der Waals surface area contributed by atoms with E-state index in [4.69, 9.17) is 5.11 Å². The lowest BCUT2D eigenvalue weighted by atomic mass is 10.1. The number of rotatable bonds is 11. The SMILES string of the molecule is CCC/C=C\CC/C=C\CCCCCC(=O)O. The van der Waals surface area contributed by atoms with Crippen LogP contribution in [0.4, 0.5) is 0 Å². The van der Waals surface area contributed by atoms with Crippen LogP contribution in [0, 0.1) is 0 Å². The highest BCUT2D eigenvalue weighted by Gasteiger charge is 1.94. The summed E-state index contributed by atoms with van der Waals surface area (Å²) in [5.74, 6) is -0.681. The maximum atomic E-state index is 10.3. The molecule has 0 heterocycles. The average molecular weight is 238 g/mol. The molecule has 0 atom stereocenters. The number of hydrogen-bond acceptors (Lipinski definition) is 1. The van der Waals surface area contributed by atoms with Crippen molar-refractivity contribution in [3.05, 3.63) is 24.3 Å². The number of hydrogen-bond donors (Lipinski definition) is 1. The molecule has 0 fully saturated rings. The summed E-state index contributed by atoms with van der Waals surface area (Å²) in [6.45, 7) is 2.19. The van der Waals surface area contributed by atoms with Gasteiger partial charge in [-0.3, -0.25) is 4.79 Å². The van der Waals surface area contributed by atoms with Gasteiger partial charge in [0, 0.05) is 6.42 Å². The van der Waals surface area contributed by atoms with Crippen LogP contribution >= 0.6 is 0 Å². The van der Waals surface area contributed by atoms with Crippen LogP contribution < -0.4 is 0 Å². The minimum absolute atomic E-state index is 0.311. The Morgan fingerprint density at radius 3 is 2.06 bits per heavy atom. The van der Waals surface area contributed by atoms with E-state index in [0.717, 1.165) is 38.5 Å². The molecule has 0 saturated carbocycles. The normalized spacial score (nSPS) is 11.6. The van der Waals surface area contributed by atoms with E-state index in [0.29, 0.717) is 6.42 Å². The van der Waals surface area contributed by atoms with Crippen LogP contribution in [-0.4, -0.2) is 11.1 Å². The second kappa shape index (κ2) is 13.0. The molecule has 0 aliphatic heterocycles. The second-order valence-electron chi connectivity index (χ2n) is 4.30. The summed E-state index contributed by atoms with van der Waals surface area (Å²) in [6.07, 6.45) is 17.9. The number of allylic oxidation sites excluding steroid dienone is 4. The molecule has 0 amide bonds. The predicted octanol–water partition coefficient (Wildman–Crippen LogP) is 4.71. The number of carbonyl (C=O) groups is 1. The first-order valence-corrected chi connectivity index (χ1v) is 6.79. The summed E-state index contributed by atoms with van der Waals surface area (Å²) in [5, 5.41) is 8.45.